The van der Waals surface area contributed by atoms with Crippen molar-refractivity contribution < 1.29 is 4.74 Å². The SMILES string of the molecule is COc1ccc2nc(-c3ccc4ccccc4c3)n(Cc3ccccc3)c2c1. The standard InChI is InChI=1S/C25H20N2O/c1-28-22-13-14-23-24(16-22)27(17-18-7-3-2-4-8-18)25(26-23)21-12-11-19-9-5-6-10-20(19)15-21/h2-16H,17H2,1H3. The summed E-state index contributed by atoms with van der Waals surface area (Å²) in [6.45, 7) is 0.757. The van der Waals surface area contributed by atoms with E-state index < -0.39 is 0 Å². The highest BCUT2D eigenvalue weighted by molar-refractivity contribution is 5.88. The molecule has 1 heterocycles. The maximum atomic E-state index is 5.46. The Morgan fingerprint density at radius 3 is 2.39 bits per heavy atom. The summed E-state index contributed by atoms with van der Waals surface area (Å²) in [5.41, 5.74) is 4.41. The molecule has 5 rings (SSSR count). The van der Waals surface area contributed by atoms with Crippen LogP contribution in [0.25, 0.3) is 33.2 Å². The van der Waals surface area contributed by atoms with E-state index in [9.17, 15) is 0 Å². The van der Waals surface area contributed by atoms with Crippen LogP contribution in [0.3, 0.4) is 0 Å². The number of benzene rings is 4. The van der Waals surface area contributed by atoms with Crippen molar-refractivity contribution in [3.8, 4) is 17.1 Å². The van der Waals surface area contributed by atoms with Crippen LogP contribution in [0.15, 0.2) is 91.0 Å². The number of fused-ring (bicyclic) bond motifs is 2. The maximum Gasteiger partial charge on any atom is 0.141 e. The van der Waals surface area contributed by atoms with E-state index in [1.807, 2.05) is 18.2 Å². The fourth-order valence-electron chi connectivity index (χ4n) is 3.70. The van der Waals surface area contributed by atoms with Gasteiger partial charge in [-0.25, -0.2) is 4.98 Å². The average Bonchev–Trinajstić information content (AvgIpc) is 3.11. The molecule has 3 nitrogen and oxygen atoms in total. The number of ether oxygens (including phenoxy) is 1. The Kier molecular flexibility index (Phi) is 4.06. The van der Waals surface area contributed by atoms with Gasteiger partial charge in [0.05, 0.1) is 18.1 Å². The topological polar surface area (TPSA) is 27.1 Å². The molecule has 5 aromatic rings. The summed E-state index contributed by atoms with van der Waals surface area (Å²) in [6.07, 6.45) is 0. The van der Waals surface area contributed by atoms with Crippen molar-refractivity contribution in [3.05, 3.63) is 96.6 Å². The molecular formula is C25H20N2O. The minimum absolute atomic E-state index is 0.757. The third kappa shape index (κ3) is 2.91. The summed E-state index contributed by atoms with van der Waals surface area (Å²) in [5, 5.41) is 2.45. The lowest BCUT2D eigenvalue weighted by Crippen LogP contribution is -2.02. The molecule has 1 aromatic heterocycles. The number of nitrogens with zero attached hydrogens (tertiary/aromatic N) is 2. The van der Waals surface area contributed by atoms with E-state index in [-0.39, 0.29) is 0 Å². The van der Waals surface area contributed by atoms with Gasteiger partial charge in [-0.05, 0) is 34.5 Å². The predicted octanol–water partition coefficient (Wildman–Crippen LogP) is 5.91. The first kappa shape index (κ1) is 16.6. The first-order valence-electron chi connectivity index (χ1n) is 9.39. The summed E-state index contributed by atoms with van der Waals surface area (Å²) < 4.78 is 7.73. The molecule has 0 aliphatic carbocycles. The van der Waals surface area contributed by atoms with Gasteiger partial charge in [0.15, 0.2) is 0 Å². The van der Waals surface area contributed by atoms with E-state index >= 15 is 0 Å². The third-order valence-corrected chi connectivity index (χ3v) is 5.15. The molecular weight excluding hydrogens is 344 g/mol. The smallest absolute Gasteiger partial charge is 0.141 e. The zero-order chi connectivity index (χ0) is 18.9. The van der Waals surface area contributed by atoms with Gasteiger partial charge in [0.1, 0.15) is 11.6 Å². The third-order valence-electron chi connectivity index (χ3n) is 5.15. The Morgan fingerprint density at radius 1 is 0.786 bits per heavy atom. The van der Waals surface area contributed by atoms with E-state index in [2.05, 4.69) is 77.4 Å². The van der Waals surface area contributed by atoms with E-state index in [4.69, 9.17) is 9.72 Å². The molecule has 0 aliphatic heterocycles. The minimum atomic E-state index is 0.757. The van der Waals surface area contributed by atoms with E-state index in [0.717, 1.165) is 34.7 Å². The van der Waals surface area contributed by atoms with Crippen LogP contribution in [0.5, 0.6) is 5.75 Å². The van der Waals surface area contributed by atoms with Crippen LogP contribution in [-0.2, 0) is 6.54 Å². The van der Waals surface area contributed by atoms with Crippen LogP contribution in [0.4, 0.5) is 0 Å². The van der Waals surface area contributed by atoms with Crippen molar-refractivity contribution in [2.24, 2.45) is 0 Å². The number of aromatic nitrogens is 2. The van der Waals surface area contributed by atoms with Crippen LogP contribution in [0, 0.1) is 0 Å². The molecule has 0 saturated heterocycles. The Labute approximate surface area is 163 Å². The maximum absolute atomic E-state index is 5.46. The summed E-state index contributed by atoms with van der Waals surface area (Å²) in [6, 6.07) is 31.5. The molecule has 4 aromatic carbocycles. The molecule has 0 unspecified atom stereocenters. The summed E-state index contributed by atoms with van der Waals surface area (Å²) >= 11 is 0. The lowest BCUT2D eigenvalue weighted by Gasteiger charge is -2.11. The molecule has 0 amide bonds. The fourth-order valence-corrected chi connectivity index (χ4v) is 3.70. The quantitative estimate of drug-likeness (QED) is 0.396. The first-order valence-corrected chi connectivity index (χ1v) is 9.39. The number of methoxy groups -OCH3 is 1. The van der Waals surface area contributed by atoms with Gasteiger partial charge in [0.25, 0.3) is 0 Å². The predicted molar refractivity (Wildman–Crippen MR) is 115 cm³/mol. The number of hydrogen-bond donors (Lipinski definition) is 0. The number of rotatable bonds is 4. The van der Waals surface area contributed by atoms with Crippen LogP contribution in [0.1, 0.15) is 5.56 Å². The lowest BCUT2D eigenvalue weighted by molar-refractivity contribution is 0.415. The highest BCUT2D eigenvalue weighted by Gasteiger charge is 2.14. The second-order valence-corrected chi connectivity index (χ2v) is 6.92. The Hall–Kier alpha value is -3.59. The van der Waals surface area contributed by atoms with Crippen molar-refractivity contribution >= 4 is 21.8 Å². The second-order valence-electron chi connectivity index (χ2n) is 6.92. The van der Waals surface area contributed by atoms with Crippen molar-refractivity contribution in [1.29, 1.82) is 0 Å². The van der Waals surface area contributed by atoms with Crippen molar-refractivity contribution in [3.63, 3.8) is 0 Å². The molecule has 0 bridgehead atoms. The zero-order valence-corrected chi connectivity index (χ0v) is 15.7. The Bertz CT molecular complexity index is 1270. The molecule has 0 atom stereocenters. The molecule has 28 heavy (non-hydrogen) atoms. The highest BCUT2D eigenvalue weighted by Crippen LogP contribution is 2.30. The number of hydrogen-bond acceptors (Lipinski definition) is 2. The molecule has 0 radical (unpaired) electrons. The van der Waals surface area contributed by atoms with Crippen LogP contribution >= 0.6 is 0 Å². The molecule has 0 aliphatic rings. The molecule has 0 fully saturated rings. The Morgan fingerprint density at radius 2 is 1.57 bits per heavy atom. The van der Waals surface area contributed by atoms with E-state index in [1.54, 1.807) is 7.11 Å². The van der Waals surface area contributed by atoms with Crippen molar-refractivity contribution in [2.75, 3.05) is 7.11 Å². The van der Waals surface area contributed by atoms with Crippen molar-refractivity contribution in [2.45, 2.75) is 6.54 Å². The van der Waals surface area contributed by atoms with Crippen LogP contribution < -0.4 is 4.74 Å². The molecule has 0 saturated carbocycles. The van der Waals surface area contributed by atoms with Gasteiger partial charge in [-0.1, -0.05) is 66.7 Å². The van der Waals surface area contributed by atoms with Crippen LogP contribution in [-0.4, -0.2) is 16.7 Å². The van der Waals surface area contributed by atoms with Gasteiger partial charge in [0, 0.05) is 18.2 Å². The van der Waals surface area contributed by atoms with Crippen LogP contribution in [0.2, 0.25) is 0 Å². The number of imidazole rings is 1. The van der Waals surface area contributed by atoms with Crippen molar-refractivity contribution in [1.82, 2.24) is 9.55 Å². The normalized spacial score (nSPS) is 11.2. The van der Waals surface area contributed by atoms with Gasteiger partial charge in [-0.3, -0.25) is 0 Å². The monoisotopic (exact) mass is 364 g/mol. The van der Waals surface area contributed by atoms with E-state index in [0.29, 0.717) is 0 Å². The average molecular weight is 364 g/mol. The molecule has 0 spiro atoms. The van der Waals surface area contributed by atoms with Gasteiger partial charge >= 0.3 is 0 Å². The fraction of sp³-hybridized carbons (Fsp3) is 0.0800. The van der Waals surface area contributed by atoms with E-state index in [1.165, 1.54) is 16.3 Å². The summed E-state index contributed by atoms with van der Waals surface area (Å²) in [7, 11) is 1.70. The van der Waals surface area contributed by atoms with Gasteiger partial charge in [-0.15, -0.1) is 0 Å². The molecule has 136 valence electrons. The molecule has 0 N–H and O–H groups in total. The largest absolute Gasteiger partial charge is 0.497 e. The lowest BCUT2D eigenvalue weighted by atomic mass is 10.1. The summed E-state index contributed by atoms with van der Waals surface area (Å²) in [4.78, 5) is 4.97. The van der Waals surface area contributed by atoms with Gasteiger partial charge in [0.2, 0.25) is 0 Å². The van der Waals surface area contributed by atoms with Gasteiger partial charge in [-0.2, -0.15) is 0 Å². The second kappa shape index (κ2) is 6.86. The van der Waals surface area contributed by atoms with Gasteiger partial charge < -0.3 is 9.30 Å². The highest BCUT2D eigenvalue weighted by atomic mass is 16.5. The first-order chi connectivity index (χ1) is 13.8. The zero-order valence-electron chi connectivity index (χ0n) is 15.7. The molecule has 3 heteroatoms. The minimum Gasteiger partial charge on any atom is -0.497 e. The summed E-state index contributed by atoms with van der Waals surface area (Å²) in [5.74, 6) is 1.81. The Balaban J connectivity index is 1.73.